The van der Waals surface area contributed by atoms with Crippen LogP contribution in [0.25, 0.3) is 0 Å². The van der Waals surface area contributed by atoms with E-state index in [1.165, 1.54) is 12.8 Å². The Balaban J connectivity index is 1.90. The molecule has 0 amide bonds. The van der Waals surface area contributed by atoms with Gasteiger partial charge in [0.05, 0.1) is 12.2 Å². The van der Waals surface area contributed by atoms with E-state index < -0.39 is 0 Å². The first kappa shape index (κ1) is 10.4. The maximum atomic E-state index is 9.63. The van der Waals surface area contributed by atoms with Crippen molar-refractivity contribution in [2.75, 3.05) is 19.7 Å². The molecule has 2 atom stereocenters. The molecule has 2 saturated heterocycles. The molecule has 0 aliphatic carbocycles. The standard InChI is InChI=1S/C11H21NO2/c1-11(2)6-9(13)7-12(11)8-10-4-3-5-14-10/h9-10,13H,3-8H2,1-2H3. The molecule has 0 aromatic heterocycles. The lowest BCUT2D eigenvalue weighted by atomic mass is 10.0. The van der Waals surface area contributed by atoms with Gasteiger partial charge in [-0.2, -0.15) is 0 Å². The first-order chi connectivity index (χ1) is 6.58. The molecule has 0 aromatic rings. The van der Waals surface area contributed by atoms with E-state index in [1.807, 2.05) is 0 Å². The van der Waals surface area contributed by atoms with Gasteiger partial charge in [0, 0.05) is 25.2 Å². The lowest BCUT2D eigenvalue weighted by Gasteiger charge is -2.32. The highest BCUT2D eigenvalue weighted by Crippen LogP contribution is 2.29. The molecule has 2 rings (SSSR count). The number of hydrogen-bond acceptors (Lipinski definition) is 3. The Morgan fingerprint density at radius 2 is 2.29 bits per heavy atom. The molecule has 0 bridgehead atoms. The van der Waals surface area contributed by atoms with Gasteiger partial charge in [-0.05, 0) is 33.1 Å². The predicted molar refractivity (Wildman–Crippen MR) is 55.2 cm³/mol. The lowest BCUT2D eigenvalue weighted by molar-refractivity contribution is 0.0494. The van der Waals surface area contributed by atoms with E-state index in [9.17, 15) is 5.11 Å². The average Bonchev–Trinajstić information content (AvgIpc) is 2.61. The van der Waals surface area contributed by atoms with E-state index in [1.54, 1.807) is 0 Å². The van der Waals surface area contributed by atoms with Crippen molar-refractivity contribution in [1.82, 2.24) is 4.90 Å². The minimum absolute atomic E-state index is 0.144. The zero-order valence-electron chi connectivity index (χ0n) is 9.20. The van der Waals surface area contributed by atoms with Crippen molar-refractivity contribution in [2.45, 2.75) is 50.9 Å². The van der Waals surface area contributed by atoms with Crippen LogP contribution in [-0.4, -0.2) is 47.4 Å². The summed E-state index contributed by atoms with van der Waals surface area (Å²) in [4.78, 5) is 2.37. The molecule has 0 saturated carbocycles. The van der Waals surface area contributed by atoms with Gasteiger partial charge in [0.2, 0.25) is 0 Å². The third-order valence-corrected chi connectivity index (χ3v) is 3.47. The maximum Gasteiger partial charge on any atom is 0.0703 e. The maximum absolute atomic E-state index is 9.63. The Kier molecular flexibility index (Phi) is 2.82. The molecule has 0 radical (unpaired) electrons. The van der Waals surface area contributed by atoms with Gasteiger partial charge in [-0.1, -0.05) is 0 Å². The van der Waals surface area contributed by atoms with Crippen molar-refractivity contribution >= 4 is 0 Å². The summed E-state index contributed by atoms with van der Waals surface area (Å²) in [5.41, 5.74) is 0.144. The zero-order chi connectivity index (χ0) is 10.2. The smallest absolute Gasteiger partial charge is 0.0703 e. The Morgan fingerprint density at radius 3 is 2.79 bits per heavy atom. The number of likely N-dealkylation sites (tertiary alicyclic amines) is 1. The van der Waals surface area contributed by atoms with E-state index in [4.69, 9.17) is 4.74 Å². The Morgan fingerprint density at radius 1 is 1.50 bits per heavy atom. The highest BCUT2D eigenvalue weighted by Gasteiger charge is 2.38. The van der Waals surface area contributed by atoms with Gasteiger partial charge in [0.25, 0.3) is 0 Å². The number of β-amino-alcohol motifs (C(OH)–C–C–N with tert-alkyl or cyclic N) is 1. The van der Waals surface area contributed by atoms with E-state index in [0.717, 1.165) is 26.1 Å². The SMILES string of the molecule is CC1(C)CC(O)CN1CC1CCCO1. The number of aliphatic hydroxyl groups excluding tert-OH is 1. The third kappa shape index (κ3) is 2.10. The molecule has 3 heteroatoms. The molecule has 3 nitrogen and oxygen atoms in total. The van der Waals surface area contributed by atoms with Crippen molar-refractivity contribution in [3.8, 4) is 0 Å². The quantitative estimate of drug-likeness (QED) is 0.720. The van der Waals surface area contributed by atoms with Crippen LogP contribution in [0, 0.1) is 0 Å². The topological polar surface area (TPSA) is 32.7 Å². The predicted octanol–water partition coefficient (Wildman–Crippen LogP) is 1.01. The second-order valence-corrected chi connectivity index (χ2v) is 5.21. The van der Waals surface area contributed by atoms with Crippen LogP contribution in [0.5, 0.6) is 0 Å². The average molecular weight is 199 g/mol. The summed E-state index contributed by atoms with van der Waals surface area (Å²) in [6.07, 6.45) is 3.52. The number of ether oxygens (including phenoxy) is 1. The van der Waals surface area contributed by atoms with Crippen LogP contribution >= 0.6 is 0 Å². The minimum atomic E-state index is -0.147. The van der Waals surface area contributed by atoms with Crippen LogP contribution in [0.15, 0.2) is 0 Å². The van der Waals surface area contributed by atoms with Crippen molar-refractivity contribution < 1.29 is 9.84 Å². The van der Waals surface area contributed by atoms with Gasteiger partial charge in [0.15, 0.2) is 0 Å². The van der Waals surface area contributed by atoms with E-state index in [0.29, 0.717) is 6.10 Å². The molecular weight excluding hydrogens is 178 g/mol. The Labute approximate surface area is 86.0 Å². The molecule has 2 aliphatic rings. The van der Waals surface area contributed by atoms with Gasteiger partial charge >= 0.3 is 0 Å². The van der Waals surface area contributed by atoms with E-state index in [-0.39, 0.29) is 11.6 Å². The molecule has 82 valence electrons. The molecule has 2 unspecified atom stereocenters. The van der Waals surface area contributed by atoms with Crippen LogP contribution in [0.2, 0.25) is 0 Å². The largest absolute Gasteiger partial charge is 0.392 e. The summed E-state index contributed by atoms with van der Waals surface area (Å²) in [6.45, 7) is 7.13. The third-order valence-electron chi connectivity index (χ3n) is 3.47. The Hall–Kier alpha value is -0.120. The van der Waals surface area contributed by atoms with E-state index in [2.05, 4.69) is 18.7 Å². The van der Waals surface area contributed by atoms with Crippen LogP contribution < -0.4 is 0 Å². The molecule has 14 heavy (non-hydrogen) atoms. The minimum Gasteiger partial charge on any atom is -0.392 e. The summed E-state index contributed by atoms with van der Waals surface area (Å²) in [5.74, 6) is 0. The molecule has 2 fully saturated rings. The number of nitrogens with zero attached hydrogens (tertiary/aromatic N) is 1. The second-order valence-electron chi connectivity index (χ2n) is 5.21. The highest BCUT2D eigenvalue weighted by molar-refractivity contribution is 4.94. The van der Waals surface area contributed by atoms with Crippen molar-refractivity contribution in [2.24, 2.45) is 0 Å². The zero-order valence-corrected chi connectivity index (χ0v) is 9.20. The first-order valence-corrected chi connectivity index (χ1v) is 5.63. The lowest BCUT2D eigenvalue weighted by Crippen LogP contribution is -2.42. The van der Waals surface area contributed by atoms with E-state index >= 15 is 0 Å². The summed E-state index contributed by atoms with van der Waals surface area (Å²) < 4.78 is 5.62. The Bertz CT molecular complexity index is 199. The fourth-order valence-electron chi connectivity index (χ4n) is 2.63. The van der Waals surface area contributed by atoms with Crippen LogP contribution in [-0.2, 0) is 4.74 Å². The van der Waals surface area contributed by atoms with Crippen LogP contribution in [0.3, 0.4) is 0 Å². The molecular formula is C11H21NO2. The van der Waals surface area contributed by atoms with Gasteiger partial charge in [-0.25, -0.2) is 0 Å². The number of aliphatic hydroxyl groups is 1. The molecule has 0 spiro atoms. The molecule has 2 heterocycles. The van der Waals surface area contributed by atoms with Crippen LogP contribution in [0.1, 0.15) is 33.1 Å². The summed E-state index contributed by atoms with van der Waals surface area (Å²) >= 11 is 0. The van der Waals surface area contributed by atoms with Gasteiger partial charge in [-0.15, -0.1) is 0 Å². The summed E-state index contributed by atoms with van der Waals surface area (Å²) in [6, 6.07) is 0. The summed E-state index contributed by atoms with van der Waals surface area (Å²) in [5, 5.41) is 9.63. The number of hydrogen-bond donors (Lipinski definition) is 1. The van der Waals surface area contributed by atoms with Crippen molar-refractivity contribution in [1.29, 1.82) is 0 Å². The van der Waals surface area contributed by atoms with Crippen molar-refractivity contribution in [3.05, 3.63) is 0 Å². The van der Waals surface area contributed by atoms with Gasteiger partial charge in [0.1, 0.15) is 0 Å². The number of rotatable bonds is 2. The van der Waals surface area contributed by atoms with Crippen molar-refractivity contribution in [3.63, 3.8) is 0 Å². The first-order valence-electron chi connectivity index (χ1n) is 5.63. The highest BCUT2D eigenvalue weighted by atomic mass is 16.5. The summed E-state index contributed by atoms with van der Waals surface area (Å²) in [7, 11) is 0. The molecule has 1 N–H and O–H groups in total. The van der Waals surface area contributed by atoms with Crippen LogP contribution in [0.4, 0.5) is 0 Å². The molecule has 2 aliphatic heterocycles. The fourth-order valence-corrected chi connectivity index (χ4v) is 2.63. The monoisotopic (exact) mass is 199 g/mol. The van der Waals surface area contributed by atoms with Gasteiger partial charge in [-0.3, -0.25) is 4.90 Å². The fraction of sp³-hybridized carbons (Fsp3) is 1.00. The second kappa shape index (κ2) is 3.80. The molecule has 0 aromatic carbocycles. The normalized spacial score (nSPS) is 37.9. The van der Waals surface area contributed by atoms with Gasteiger partial charge < -0.3 is 9.84 Å².